The summed E-state index contributed by atoms with van der Waals surface area (Å²) in [6.07, 6.45) is 4.92. The Kier molecular flexibility index (Phi) is 4.90. The molecular formula is C19H26N2O3. The fourth-order valence-electron chi connectivity index (χ4n) is 3.67. The number of ether oxygens (including phenoxy) is 1. The number of hydrogen-bond acceptors (Lipinski definition) is 3. The van der Waals surface area contributed by atoms with Crippen LogP contribution in [0, 0.1) is 12.3 Å². The van der Waals surface area contributed by atoms with E-state index in [-0.39, 0.29) is 11.8 Å². The van der Waals surface area contributed by atoms with Crippen LogP contribution >= 0.6 is 0 Å². The molecule has 1 aromatic rings. The number of carbonyl (C=O) groups is 2. The third kappa shape index (κ3) is 3.05. The van der Waals surface area contributed by atoms with Gasteiger partial charge in [0, 0.05) is 31.5 Å². The van der Waals surface area contributed by atoms with E-state index < -0.39 is 5.41 Å². The number of rotatable bonds is 5. The first-order valence-corrected chi connectivity index (χ1v) is 8.77. The summed E-state index contributed by atoms with van der Waals surface area (Å²) in [6.45, 7) is 4.00. The molecule has 1 aromatic carbocycles. The zero-order valence-electron chi connectivity index (χ0n) is 14.6. The lowest BCUT2D eigenvalue weighted by atomic mass is 9.68. The van der Waals surface area contributed by atoms with Gasteiger partial charge in [0.05, 0.1) is 12.0 Å². The lowest BCUT2D eigenvalue weighted by Gasteiger charge is -2.39. The molecule has 24 heavy (non-hydrogen) atoms. The van der Waals surface area contributed by atoms with Crippen molar-refractivity contribution in [1.82, 2.24) is 4.90 Å². The zero-order valence-corrected chi connectivity index (χ0v) is 14.6. The maximum Gasteiger partial charge on any atom is 0.254 e. The molecule has 0 unspecified atom stereocenters. The van der Waals surface area contributed by atoms with Crippen molar-refractivity contribution >= 4 is 17.5 Å². The van der Waals surface area contributed by atoms with E-state index in [9.17, 15) is 9.59 Å². The first-order chi connectivity index (χ1) is 11.6. The number of amides is 2. The second kappa shape index (κ2) is 6.93. The third-order valence-corrected chi connectivity index (χ3v) is 5.42. The first kappa shape index (κ1) is 17.0. The Hall–Kier alpha value is -1.88. The van der Waals surface area contributed by atoms with E-state index in [4.69, 9.17) is 4.74 Å². The molecule has 1 aliphatic carbocycles. The van der Waals surface area contributed by atoms with Crippen LogP contribution in [0.15, 0.2) is 18.2 Å². The highest BCUT2D eigenvalue weighted by atomic mass is 16.5. The molecule has 5 heteroatoms. The van der Waals surface area contributed by atoms with Gasteiger partial charge in [0.2, 0.25) is 5.91 Å². The van der Waals surface area contributed by atoms with Gasteiger partial charge < -0.3 is 15.0 Å². The van der Waals surface area contributed by atoms with Crippen molar-refractivity contribution < 1.29 is 14.3 Å². The molecule has 3 rings (SSSR count). The molecule has 1 heterocycles. The third-order valence-electron chi connectivity index (χ3n) is 5.42. The molecule has 1 N–H and O–H groups in total. The summed E-state index contributed by atoms with van der Waals surface area (Å²) in [6, 6.07) is 5.56. The largest absolute Gasteiger partial charge is 0.384 e. The van der Waals surface area contributed by atoms with Gasteiger partial charge in [-0.15, -0.1) is 0 Å². The molecule has 2 aliphatic rings. The van der Waals surface area contributed by atoms with Gasteiger partial charge in [-0.1, -0.05) is 12.5 Å². The SMILES string of the molecule is COCC1(C(=O)Nc2cccc(C(=O)N3CCCC3)c2C)CCC1. The van der Waals surface area contributed by atoms with E-state index in [0.717, 1.165) is 56.4 Å². The first-order valence-electron chi connectivity index (χ1n) is 8.77. The Labute approximate surface area is 143 Å². The van der Waals surface area contributed by atoms with Crippen LogP contribution in [0.5, 0.6) is 0 Å². The summed E-state index contributed by atoms with van der Waals surface area (Å²) in [5.41, 5.74) is 1.85. The molecular weight excluding hydrogens is 304 g/mol. The highest BCUT2D eigenvalue weighted by Gasteiger charge is 2.44. The van der Waals surface area contributed by atoms with Crippen LogP contribution in [0.2, 0.25) is 0 Å². The summed E-state index contributed by atoms with van der Waals surface area (Å²) in [5.74, 6) is 0.0702. The van der Waals surface area contributed by atoms with Gasteiger partial charge in [0.1, 0.15) is 0 Å². The van der Waals surface area contributed by atoms with Crippen LogP contribution in [0.4, 0.5) is 5.69 Å². The standard InChI is InChI=1S/C19H26N2O3/c1-14-15(17(22)21-11-3-4-12-21)7-5-8-16(14)20-18(23)19(13-24-2)9-6-10-19/h5,7-8H,3-4,6,9-13H2,1-2H3,(H,20,23). The Morgan fingerprint density at radius 1 is 1.21 bits per heavy atom. The average molecular weight is 330 g/mol. The van der Waals surface area contributed by atoms with E-state index in [1.165, 1.54) is 0 Å². The quantitative estimate of drug-likeness (QED) is 0.903. The summed E-state index contributed by atoms with van der Waals surface area (Å²) >= 11 is 0. The maximum absolute atomic E-state index is 12.7. The number of nitrogens with one attached hydrogen (secondary N) is 1. The predicted molar refractivity (Wildman–Crippen MR) is 93.1 cm³/mol. The Morgan fingerprint density at radius 2 is 1.92 bits per heavy atom. The van der Waals surface area contributed by atoms with Crippen molar-refractivity contribution in [2.75, 3.05) is 32.1 Å². The number of nitrogens with zero attached hydrogens (tertiary/aromatic N) is 1. The highest BCUT2D eigenvalue weighted by molar-refractivity contribution is 6.01. The molecule has 0 radical (unpaired) electrons. The number of benzene rings is 1. The molecule has 5 nitrogen and oxygen atoms in total. The van der Waals surface area contributed by atoms with E-state index in [0.29, 0.717) is 12.2 Å². The van der Waals surface area contributed by atoms with Crippen LogP contribution in [-0.4, -0.2) is 43.5 Å². The van der Waals surface area contributed by atoms with Crippen molar-refractivity contribution in [3.05, 3.63) is 29.3 Å². The fraction of sp³-hybridized carbons (Fsp3) is 0.579. The molecule has 1 saturated carbocycles. The maximum atomic E-state index is 12.7. The van der Waals surface area contributed by atoms with E-state index in [2.05, 4.69) is 5.32 Å². The lowest BCUT2D eigenvalue weighted by molar-refractivity contribution is -0.134. The molecule has 0 aromatic heterocycles. The van der Waals surface area contributed by atoms with Crippen LogP contribution in [0.3, 0.4) is 0 Å². The molecule has 0 atom stereocenters. The summed E-state index contributed by atoms with van der Waals surface area (Å²) in [5, 5.41) is 3.03. The van der Waals surface area contributed by atoms with Crippen LogP contribution in [0.25, 0.3) is 0 Å². The average Bonchev–Trinajstić information content (AvgIpc) is 3.06. The molecule has 0 bridgehead atoms. The number of methoxy groups -OCH3 is 1. The molecule has 130 valence electrons. The van der Waals surface area contributed by atoms with Gasteiger partial charge in [0.25, 0.3) is 5.91 Å². The van der Waals surface area contributed by atoms with Gasteiger partial charge in [-0.05, 0) is 50.3 Å². The van der Waals surface area contributed by atoms with Crippen LogP contribution in [-0.2, 0) is 9.53 Å². The van der Waals surface area contributed by atoms with Crippen LogP contribution in [0.1, 0.15) is 48.0 Å². The van der Waals surface area contributed by atoms with E-state index in [1.807, 2.05) is 30.0 Å². The minimum absolute atomic E-state index is 0.00414. The van der Waals surface area contributed by atoms with Gasteiger partial charge in [0.15, 0.2) is 0 Å². The van der Waals surface area contributed by atoms with Gasteiger partial charge >= 0.3 is 0 Å². The Balaban J connectivity index is 1.78. The summed E-state index contributed by atoms with van der Waals surface area (Å²) in [4.78, 5) is 27.3. The van der Waals surface area contributed by atoms with Crippen molar-refractivity contribution in [3.8, 4) is 0 Å². The number of likely N-dealkylation sites (tertiary alicyclic amines) is 1. The van der Waals surface area contributed by atoms with Crippen molar-refractivity contribution in [1.29, 1.82) is 0 Å². The molecule has 0 spiro atoms. The molecule has 2 fully saturated rings. The summed E-state index contributed by atoms with van der Waals surface area (Å²) < 4.78 is 5.25. The van der Waals surface area contributed by atoms with Crippen molar-refractivity contribution in [3.63, 3.8) is 0 Å². The number of anilines is 1. The van der Waals surface area contributed by atoms with Gasteiger partial charge in [-0.25, -0.2) is 0 Å². The molecule has 1 aliphatic heterocycles. The second-order valence-electron chi connectivity index (χ2n) is 7.00. The lowest BCUT2D eigenvalue weighted by Crippen LogP contribution is -2.45. The van der Waals surface area contributed by atoms with Crippen molar-refractivity contribution in [2.24, 2.45) is 5.41 Å². The zero-order chi connectivity index (χ0) is 17.2. The van der Waals surface area contributed by atoms with Crippen molar-refractivity contribution in [2.45, 2.75) is 39.0 Å². The fourth-order valence-corrected chi connectivity index (χ4v) is 3.67. The monoisotopic (exact) mass is 330 g/mol. The number of carbonyl (C=O) groups excluding carboxylic acids is 2. The van der Waals surface area contributed by atoms with Gasteiger partial charge in [-0.3, -0.25) is 9.59 Å². The number of hydrogen-bond donors (Lipinski definition) is 1. The van der Waals surface area contributed by atoms with Crippen LogP contribution < -0.4 is 5.32 Å². The van der Waals surface area contributed by atoms with E-state index >= 15 is 0 Å². The Morgan fingerprint density at radius 3 is 2.50 bits per heavy atom. The minimum atomic E-state index is -0.407. The Bertz CT molecular complexity index is 631. The predicted octanol–water partition coefficient (Wildman–Crippen LogP) is 2.99. The van der Waals surface area contributed by atoms with Gasteiger partial charge in [-0.2, -0.15) is 0 Å². The second-order valence-corrected chi connectivity index (χ2v) is 7.00. The summed E-state index contributed by atoms with van der Waals surface area (Å²) in [7, 11) is 1.63. The molecule has 1 saturated heterocycles. The highest BCUT2D eigenvalue weighted by Crippen LogP contribution is 2.42. The topological polar surface area (TPSA) is 58.6 Å². The van der Waals surface area contributed by atoms with E-state index in [1.54, 1.807) is 7.11 Å². The smallest absolute Gasteiger partial charge is 0.254 e. The minimum Gasteiger partial charge on any atom is -0.384 e. The normalized spacial score (nSPS) is 19.0. The molecule has 2 amide bonds.